The molecule has 13 heavy (non-hydrogen) atoms. The molecule has 0 aromatic carbocycles. The topological polar surface area (TPSA) is 30.7 Å². The molecule has 0 atom stereocenters. The first-order chi connectivity index (χ1) is 6.27. The minimum atomic E-state index is 0.899. The van der Waals surface area contributed by atoms with Gasteiger partial charge in [-0.15, -0.1) is 0 Å². The summed E-state index contributed by atoms with van der Waals surface area (Å²) in [5, 5.41) is 4.30. The summed E-state index contributed by atoms with van der Waals surface area (Å²) in [7, 11) is 0. The molecule has 0 aliphatic heterocycles. The van der Waals surface area contributed by atoms with Crippen molar-refractivity contribution < 1.29 is 0 Å². The number of hydrogen-bond acceptors (Lipinski definition) is 2. The molecule has 2 heterocycles. The maximum absolute atomic E-state index is 4.30. The molecular formula is C10H11N3. The maximum atomic E-state index is 4.30. The van der Waals surface area contributed by atoms with Gasteiger partial charge in [0.2, 0.25) is 0 Å². The third-order valence-corrected chi connectivity index (χ3v) is 1.92. The largest absolute Gasteiger partial charge is 0.237 e. The molecule has 66 valence electrons. The van der Waals surface area contributed by atoms with Gasteiger partial charge in [0.05, 0.1) is 5.69 Å². The third kappa shape index (κ3) is 1.45. The van der Waals surface area contributed by atoms with E-state index < -0.39 is 0 Å². The van der Waals surface area contributed by atoms with Crippen molar-refractivity contribution in [2.45, 2.75) is 13.8 Å². The van der Waals surface area contributed by atoms with E-state index in [1.54, 1.807) is 10.9 Å². The Kier molecular flexibility index (Phi) is 1.85. The van der Waals surface area contributed by atoms with E-state index in [1.165, 1.54) is 0 Å². The van der Waals surface area contributed by atoms with Crippen molar-refractivity contribution in [2.24, 2.45) is 0 Å². The fraction of sp³-hybridized carbons (Fsp3) is 0.200. The Morgan fingerprint density at radius 2 is 2.08 bits per heavy atom. The van der Waals surface area contributed by atoms with Crippen molar-refractivity contribution in [3.05, 3.63) is 41.9 Å². The van der Waals surface area contributed by atoms with Gasteiger partial charge in [0, 0.05) is 12.4 Å². The zero-order valence-corrected chi connectivity index (χ0v) is 7.73. The van der Waals surface area contributed by atoms with Crippen LogP contribution in [0.15, 0.2) is 30.6 Å². The average Bonchev–Trinajstić information content (AvgIpc) is 2.53. The van der Waals surface area contributed by atoms with Gasteiger partial charge >= 0.3 is 0 Å². The molecule has 0 aliphatic carbocycles. The van der Waals surface area contributed by atoms with Crippen LogP contribution in [0.5, 0.6) is 0 Å². The Labute approximate surface area is 77.0 Å². The van der Waals surface area contributed by atoms with Crippen molar-refractivity contribution in [1.82, 2.24) is 14.8 Å². The zero-order chi connectivity index (χ0) is 9.26. The van der Waals surface area contributed by atoms with Crippen LogP contribution in [-0.2, 0) is 0 Å². The van der Waals surface area contributed by atoms with E-state index >= 15 is 0 Å². The number of nitrogens with zero attached hydrogens (tertiary/aromatic N) is 3. The first-order valence-corrected chi connectivity index (χ1v) is 4.21. The second-order valence-electron chi connectivity index (χ2n) is 3.05. The molecule has 3 nitrogen and oxygen atoms in total. The fourth-order valence-corrected chi connectivity index (χ4v) is 1.25. The second kappa shape index (κ2) is 3.01. The average molecular weight is 173 g/mol. The van der Waals surface area contributed by atoms with Crippen LogP contribution in [0.4, 0.5) is 0 Å². The number of rotatable bonds is 1. The smallest absolute Gasteiger partial charge is 0.156 e. The molecule has 0 fully saturated rings. The van der Waals surface area contributed by atoms with Gasteiger partial charge in [0.25, 0.3) is 0 Å². The molecule has 2 aromatic heterocycles. The Morgan fingerprint density at radius 1 is 1.23 bits per heavy atom. The Hall–Kier alpha value is -1.64. The number of pyridine rings is 1. The van der Waals surface area contributed by atoms with Crippen LogP contribution in [-0.4, -0.2) is 14.8 Å². The number of hydrogen-bond donors (Lipinski definition) is 0. The van der Waals surface area contributed by atoms with Gasteiger partial charge in [0.1, 0.15) is 0 Å². The molecule has 0 saturated carbocycles. The van der Waals surface area contributed by atoms with Gasteiger partial charge in [-0.1, -0.05) is 6.07 Å². The summed E-state index contributed by atoms with van der Waals surface area (Å²) in [6.07, 6.45) is 3.70. The molecule has 0 radical (unpaired) electrons. The Balaban J connectivity index is 2.52. The molecule has 0 aliphatic rings. The molecule has 2 rings (SSSR count). The first-order valence-electron chi connectivity index (χ1n) is 4.21. The molecule has 0 N–H and O–H groups in total. The van der Waals surface area contributed by atoms with Gasteiger partial charge in [-0.25, -0.2) is 9.67 Å². The van der Waals surface area contributed by atoms with Crippen molar-refractivity contribution in [1.29, 1.82) is 0 Å². The number of aromatic nitrogens is 3. The van der Waals surface area contributed by atoms with Gasteiger partial charge in [-0.05, 0) is 31.5 Å². The number of aryl methyl sites for hydroxylation is 2. The lowest BCUT2D eigenvalue weighted by molar-refractivity contribution is 0.824. The first kappa shape index (κ1) is 7.98. The molecule has 0 spiro atoms. The lowest BCUT2D eigenvalue weighted by Crippen LogP contribution is -2.00. The summed E-state index contributed by atoms with van der Waals surface area (Å²) < 4.78 is 1.80. The van der Waals surface area contributed by atoms with Crippen LogP contribution in [0.2, 0.25) is 0 Å². The van der Waals surface area contributed by atoms with Gasteiger partial charge < -0.3 is 0 Å². The molecule has 0 unspecified atom stereocenters. The highest BCUT2D eigenvalue weighted by Crippen LogP contribution is 2.08. The van der Waals surface area contributed by atoms with E-state index in [0.29, 0.717) is 0 Å². The summed E-state index contributed by atoms with van der Waals surface area (Å²) in [5.74, 6) is 0.899. The molecule has 2 aromatic rings. The zero-order valence-electron chi connectivity index (χ0n) is 7.73. The molecule has 0 amide bonds. The summed E-state index contributed by atoms with van der Waals surface area (Å²) in [5.41, 5.74) is 2.13. The standard InChI is InChI=1S/C10H11N3/c1-8-4-3-6-11-10(8)13-7-5-9(2)12-13/h3-7H,1-2H3. The summed E-state index contributed by atoms with van der Waals surface area (Å²) in [6, 6.07) is 5.92. The van der Waals surface area contributed by atoms with Gasteiger partial charge in [-0.3, -0.25) is 0 Å². The van der Waals surface area contributed by atoms with E-state index in [0.717, 1.165) is 17.1 Å². The minimum absolute atomic E-state index is 0.899. The van der Waals surface area contributed by atoms with E-state index in [2.05, 4.69) is 10.1 Å². The summed E-state index contributed by atoms with van der Waals surface area (Å²) >= 11 is 0. The maximum Gasteiger partial charge on any atom is 0.156 e. The predicted molar refractivity (Wildman–Crippen MR) is 50.8 cm³/mol. The summed E-state index contributed by atoms with van der Waals surface area (Å²) in [4.78, 5) is 4.26. The molecule has 3 heteroatoms. The van der Waals surface area contributed by atoms with Crippen LogP contribution in [0.1, 0.15) is 11.3 Å². The normalized spacial score (nSPS) is 10.3. The van der Waals surface area contributed by atoms with Crippen LogP contribution in [0.3, 0.4) is 0 Å². The Morgan fingerprint density at radius 3 is 2.69 bits per heavy atom. The highest BCUT2D eigenvalue weighted by Gasteiger charge is 2.01. The monoisotopic (exact) mass is 173 g/mol. The van der Waals surface area contributed by atoms with Crippen LogP contribution in [0, 0.1) is 13.8 Å². The van der Waals surface area contributed by atoms with Crippen molar-refractivity contribution >= 4 is 0 Å². The van der Waals surface area contributed by atoms with Crippen LogP contribution >= 0.6 is 0 Å². The van der Waals surface area contributed by atoms with E-state index in [9.17, 15) is 0 Å². The molecular weight excluding hydrogens is 162 g/mol. The van der Waals surface area contributed by atoms with Crippen molar-refractivity contribution in [3.63, 3.8) is 0 Å². The quantitative estimate of drug-likeness (QED) is 0.659. The lowest BCUT2D eigenvalue weighted by Gasteiger charge is -2.02. The fourth-order valence-electron chi connectivity index (χ4n) is 1.25. The van der Waals surface area contributed by atoms with E-state index in [-0.39, 0.29) is 0 Å². The van der Waals surface area contributed by atoms with Crippen molar-refractivity contribution in [2.75, 3.05) is 0 Å². The van der Waals surface area contributed by atoms with E-state index in [4.69, 9.17) is 0 Å². The molecule has 0 saturated heterocycles. The van der Waals surface area contributed by atoms with Crippen LogP contribution < -0.4 is 0 Å². The van der Waals surface area contributed by atoms with Gasteiger partial charge in [0.15, 0.2) is 5.82 Å². The third-order valence-electron chi connectivity index (χ3n) is 1.92. The van der Waals surface area contributed by atoms with Crippen molar-refractivity contribution in [3.8, 4) is 5.82 Å². The van der Waals surface area contributed by atoms with Crippen LogP contribution in [0.25, 0.3) is 5.82 Å². The minimum Gasteiger partial charge on any atom is -0.237 e. The second-order valence-corrected chi connectivity index (χ2v) is 3.05. The highest BCUT2D eigenvalue weighted by atomic mass is 15.3. The highest BCUT2D eigenvalue weighted by molar-refractivity contribution is 5.31. The summed E-state index contributed by atoms with van der Waals surface area (Å²) in [6.45, 7) is 3.99. The Bertz CT molecular complexity index is 418. The lowest BCUT2D eigenvalue weighted by atomic mass is 10.3. The SMILES string of the molecule is Cc1ccn(-c2ncccc2C)n1. The predicted octanol–water partition coefficient (Wildman–Crippen LogP) is 1.88. The van der Waals surface area contributed by atoms with Gasteiger partial charge in [-0.2, -0.15) is 5.10 Å². The molecule has 0 bridgehead atoms. The van der Waals surface area contributed by atoms with E-state index in [1.807, 2.05) is 38.2 Å².